The zero-order chi connectivity index (χ0) is 14.5. The number of amides is 1. The van der Waals surface area contributed by atoms with Crippen molar-refractivity contribution in [3.63, 3.8) is 0 Å². The van der Waals surface area contributed by atoms with E-state index in [1.165, 1.54) is 23.9 Å². The Balaban J connectivity index is 1.96. The lowest BCUT2D eigenvalue weighted by Gasteiger charge is -2.07. The number of benzene rings is 2. The van der Waals surface area contributed by atoms with Gasteiger partial charge in [0.05, 0.1) is 21.5 Å². The minimum atomic E-state index is -0.634. The Morgan fingerprint density at radius 1 is 1.10 bits per heavy atom. The van der Waals surface area contributed by atoms with E-state index in [0.29, 0.717) is 5.02 Å². The Morgan fingerprint density at radius 2 is 1.80 bits per heavy atom. The molecule has 0 fully saturated rings. The summed E-state index contributed by atoms with van der Waals surface area (Å²) in [7, 11) is 0. The summed E-state index contributed by atoms with van der Waals surface area (Å²) in [5, 5.41) is 3.03. The zero-order valence-electron chi connectivity index (χ0n) is 10.2. The van der Waals surface area contributed by atoms with E-state index in [9.17, 15) is 9.18 Å². The average molecular weight is 330 g/mol. The number of rotatable bonds is 4. The van der Waals surface area contributed by atoms with Crippen LogP contribution in [0.1, 0.15) is 0 Å². The van der Waals surface area contributed by atoms with E-state index in [0.717, 1.165) is 4.90 Å². The maximum atomic E-state index is 13.6. The highest BCUT2D eigenvalue weighted by molar-refractivity contribution is 8.00. The molecule has 0 radical (unpaired) electrons. The molecule has 104 valence electrons. The number of hydrogen-bond donors (Lipinski definition) is 1. The molecule has 0 aliphatic carbocycles. The molecular formula is C14H10Cl2FNOS. The number of carbonyl (C=O) groups excluding carboxylic acids is 1. The van der Waals surface area contributed by atoms with Crippen molar-refractivity contribution in [1.29, 1.82) is 0 Å². The van der Waals surface area contributed by atoms with E-state index < -0.39 is 5.82 Å². The molecule has 1 N–H and O–H groups in total. The van der Waals surface area contributed by atoms with Crippen LogP contribution >= 0.6 is 35.0 Å². The van der Waals surface area contributed by atoms with Gasteiger partial charge < -0.3 is 5.32 Å². The van der Waals surface area contributed by atoms with Gasteiger partial charge in [0, 0.05) is 4.90 Å². The molecule has 0 saturated carbocycles. The van der Waals surface area contributed by atoms with Crippen molar-refractivity contribution >= 4 is 46.6 Å². The van der Waals surface area contributed by atoms with Crippen LogP contribution in [0.2, 0.25) is 10.0 Å². The monoisotopic (exact) mass is 329 g/mol. The van der Waals surface area contributed by atoms with Crippen molar-refractivity contribution in [3.05, 3.63) is 58.3 Å². The normalized spacial score (nSPS) is 10.3. The van der Waals surface area contributed by atoms with Crippen molar-refractivity contribution in [2.45, 2.75) is 4.90 Å². The molecule has 0 spiro atoms. The first-order valence-corrected chi connectivity index (χ1v) is 7.43. The van der Waals surface area contributed by atoms with Crippen LogP contribution in [0.25, 0.3) is 0 Å². The second kappa shape index (κ2) is 6.97. The van der Waals surface area contributed by atoms with Gasteiger partial charge in [0.25, 0.3) is 0 Å². The molecule has 0 atom stereocenters. The Kier molecular flexibility index (Phi) is 5.29. The molecule has 2 aromatic carbocycles. The second-order valence-corrected chi connectivity index (χ2v) is 5.70. The number of carbonyl (C=O) groups is 1. The van der Waals surface area contributed by atoms with Crippen LogP contribution in [-0.4, -0.2) is 11.7 Å². The Labute approximate surface area is 130 Å². The summed E-state index contributed by atoms with van der Waals surface area (Å²) < 4.78 is 13.6. The fourth-order valence-electron chi connectivity index (χ4n) is 1.49. The van der Waals surface area contributed by atoms with Crippen molar-refractivity contribution in [3.8, 4) is 0 Å². The fraction of sp³-hybridized carbons (Fsp3) is 0.0714. The number of thioether (sulfide) groups is 1. The van der Waals surface area contributed by atoms with E-state index in [2.05, 4.69) is 5.32 Å². The van der Waals surface area contributed by atoms with E-state index >= 15 is 0 Å². The van der Waals surface area contributed by atoms with Crippen LogP contribution in [-0.2, 0) is 4.79 Å². The topological polar surface area (TPSA) is 29.1 Å². The fourth-order valence-corrected chi connectivity index (χ4v) is 2.71. The lowest BCUT2D eigenvalue weighted by atomic mass is 10.3. The molecule has 0 aromatic heterocycles. The molecule has 0 aliphatic heterocycles. The van der Waals surface area contributed by atoms with Gasteiger partial charge in [0.2, 0.25) is 5.91 Å². The van der Waals surface area contributed by atoms with E-state index in [-0.39, 0.29) is 22.4 Å². The summed E-state index contributed by atoms with van der Waals surface area (Å²) in [4.78, 5) is 12.6. The van der Waals surface area contributed by atoms with Crippen LogP contribution in [0, 0.1) is 5.82 Å². The van der Waals surface area contributed by atoms with E-state index in [4.69, 9.17) is 23.2 Å². The van der Waals surface area contributed by atoms with Gasteiger partial charge in [0.1, 0.15) is 0 Å². The van der Waals surface area contributed by atoms with Crippen LogP contribution in [0.4, 0.5) is 10.1 Å². The predicted molar refractivity (Wildman–Crippen MR) is 82.2 cm³/mol. The summed E-state index contributed by atoms with van der Waals surface area (Å²) in [6, 6.07) is 11.7. The van der Waals surface area contributed by atoms with Crippen LogP contribution in [0.3, 0.4) is 0 Å². The lowest BCUT2D eigenvalue weighted by molar-refractivity contribution is -0.113. The van der Waals surface area contributed by atoms with Gasteiger partial charge in [-0.3, -0.25) is 4.79 Å². The summed E-state index contributed by atoms with van der Waals surface area (Å²) in [5.41, 5.74) is 0.0715. The molecule has 0 bridgehead atoms. The summed E-state index contributed by atoms with van der Waals surface area (Å²) in [6.45, 7) is 0. The highest BCUT2D eigenvalue weighted by Gasteiger charge is 2.10. The molecule has 6 heteroatoms. The van der Waals surface area contributed by atoms with Crippen molar-refractivity contribution in [2.75, 3.05) is 11.1 Å². The molecule has 1 amide bonds. The SMILES string of the molecule is O=C(CSc1ccccc1Cl)Nc1cccc(Cl)c1F. The molecular weight excluding hydrogens is 320 g/mol. The van der Waals surface area contributed by atoms with Gasteiger partial charge in [0.15, 0.2) is 5.82 Å². The van der Waals surface area contributed by atoms with Crippen molar-refractivity contribution in [2.24, 2.45) is 0 Å². The zero-order valence-corrected chi connectivity index (χ0v) is 12.5. The Hall–Kier alpha value is -1.23. The van der Waals surface area contributed by atoms with Crippen molar-refractivity contribution in [1.82, 2.24) is 0 Å². The Bertz CT molecular complexity index is 636. The minimum Gasteiger partial charge on any atom is -0.323 e. The second-order valence-electron chi connectivity index (χ2n) is 3.87. The van der Waals surface area contributed by atoms with Gasteiger partial charge in [-0.25, -0.2) is 4.39 Å². The van der Waals surface area contributed by atoms with Crippen LogP contribution in [0.15, 0.2) is 47.4 Å². The summed E-state index contributed by atoms with van der Waals surface area (Å²) >= 11 is 12.9. The third-order valence-electron chi connectivity index (χ3n) is 2.42. The quantitative estimate of drug-likeness (QED) is 0.811. The smallest absolute Gasteiger partial charge is 0.234 e. The number of hydrogen-bond acceptors (Lipinski definition) is 2. The first kappa shape index (κ1) is 15.2. The first-order chi connectivity index (χ1) is 9.58. The largest absolute Gasteiger partial charge is 0.323 e. The van der Waals surface area contributed by atoms with Gasteiger partial charge >= 0.3 is 0 Å². The van der Waals surface area contributed by atoms with Gasteiger partial charge in [-0.2, -0.15) is 0 Å². The third kappa shape index (κ3) is 3.88. The summed E-state index contributed by atoms with van der Waals surface area (Å²) in [6.07, 6.45) is 0. The molecule has 0 aliphatic rings. The molecule has 0 saturated heterocycles. The highest BCUT2D eigenvalue weighted by Crippen LogP contribution is 2.27. The highest BCUT2D eigenvalue weighted by atomic mass is 35.5. The van der Waals surface area contributed by atoms with E-state index in [1.54, 1.807) is 12.1 Å². The maximum Gasteiger partial charge on any atom is 0.234 e. The number of halogens is 3. The number of nitrogens with one attached hydrogen (secondary N) is 1. The van der Waals surface area contributed by atoms with Crippen molar-refractivity contribution < 1.29 is 9.18 Å². The molecule has 0 heterocycles. The lowest BCUT2D eigenvalue weighted by Crippen LogP contribution is -2.15. The molecule has 2 rings (SSSR count). The molecule has 0 unspecified atom stereocenters. The number of anilines is 1. The van der Waals surface area contributed by atoms with Gasteiger partial charge in [-0.15, -0.1) is 11.8 Å². The molecule has 2 aromatic rings. The third-order valence-corrected chi connectivity index (χ3v) is 4.23. The van der Waals surface area contributed by atoms with E-state index in [1.807, 2.05) is 18.2 Å². The average Bonchev–Trinajstić information content (AvgIpc) is 2.43. The molecule has 20 heavy (non-hydrogen) atoms. The maximum absolute atomic E-state index is 13.6. The summed E-state index contributed by atoms with van der Waals surface area (Å²) in [5.74, 6) is -0.822. The van der Waals surface area contributed by atoms with Gasteiger partial charge in [-0.05, 0) is 24.3 Å². The minimum absolute atomic E-state index is 0.0263. The standard InChI is InChI=1S/C14H10Cl2FNOS/c15-9-4-1-2-7-12(9)20-8-13(19)18-11-6-3-5-10(16)14(11)17/h1-7H,8H2,(H,18,19). The molecule has 2 nitrogen and oxygen atoms in total. The van der Waals surface area contributed by atoms with Gasteiger partial charge in [-0.1, -0.05) is 41.4 Å². The van der Waals surface area contributed by atoms with Crippen LogP contribution < -0.4 is 5.32 Å². The first-order valence-electron chi connectivity index (χ1n) is 5.69. The Morgan fingerprint density at radius 3 is 2.55 bits per heavy atom. The van der Waals surface area contributed by atoms with Crippen LogP contribution in [0.5, 0.6) is 0 Å². The predicted octanol–water partition coefficient (Wildman–Crippen LogP) is 4.86.